The molecular weight excluding hydrogens is 484 g/mol. The summed E-state index contributed by atoms with van der Waals surface area (Å²) in [4.78, 5) is 59.6. The first-order valence-corrected chi connectivity index (χ1v) is 11.9. The molecule has 0 saturated carbocycles. The lowest BCUT2D eigenvalue weighted by Crippen LogP contribution is -2.59. The minimum atomic E-state index is -1.44. The van der Waals surface area contributed by atoms with Crippen molar-refractivity contribution in [1.29, 1.82) is 0 Å². The van der Waals surface area contributed by atoms with Crippen LogP contribution in [0.4, 0.5) is 0 Å². The van der Waals surface area contributed by atoms with Gasteiger partial charge in [-0.15, -0.1) is 0 Å². The molecule has 1 unspecified atom stereocenters. The summed E-state index contributed by atoms with van der Waals surface area (Å²) in [6, 6.07) is 3.68. The minimum absolute atomic E-state index is 0.0876. The Labute approximate surface area is 213 Å². The number of cyclic esters (lactones) is 2. The van der Waals surface area contributed by atoms with Crippen LogP contribution in [0.1, 0.15) is 43.2 Å². The lowest BCUT2D eigenvalue weighted by atomic mass is 9.92. The SMILES string of the molecule is CCC1OC(=O)[C@H](C)[C@H](O)[C@H](Cc2cccnc2)NC(=O)[C@@H](NC(=O)c2ncccc2O)[C@@H](C)OC1=O. The number of aliphatic hydroxyl groups excluding tert-OH is 1. The third-order valence-corrected chi connectivity index (χ3v) is 6.04. The average Bonchev–Trinajstić information content (AvgIpc) is 2.88. The van der Waals surface area contributed by atoms with Gasteiger partial charge in [0.05, 0.1) is 18.1 Å². The number of rotatable bonds is 5. The fraction of sp³-hybridized carbons (Fsp3) is 0.440. The smallest absolute Gasteiger partial charge is 0.347 e. The zero-order valence-corrected chi connectivity index (χ0v) is 20.7. The van der Waals surface area contributed by atoms with Crippen LogP contribution in [0.25, 0.3) is 0 Å². The topological polar surface area (TPSA) is 177 Å². The van der Waals surface area contributed by atoms with Crippen LogP contribution < -0.4 is 10.6 Å². The molecule has 1 aliphatic rings. The quantitative estimate of drug-likeness (QED) is 0.405. The van der Waals surface area contributed by atoms with E-state index in [-0.39, 0.29) is 18.5 Å². The number of hydrogen-bond acceptors (Lipinski definition) is 10. The van der Waals surface area contributed by atoms with E-state index in [4.69, 9.17) is 9.47 Å². The highest BCUT2D eigenvalue weighted by atomic mass is 16.6. The number of hydrogen-bond donors (Lipinski definition) is 4. The van der Waals surface area contributed by atoms with E-state index in [1.54, 1.807) is 31.5 Å². The molecule has 12 heteroatoms. The molecule has 1 fully saturated rings. The lowest BCUT2D eigenvalue weighted by molar-refractivity contribution is -0.177. The van der Waals surface area contributed by atoms with Crippen LogP contribution >= 0.6 is 0 Å². The number of nitrogens with zero attached hydrogens (tertiary/aromatic N) is 2. The van der Waals surface area contributed by atoms with Gasteiger partial charge in [-0.1, -0.05) is 13.0 Å². The number of nitrogens with one attached hydrogen (secondary N) is 2. The second-order valence-electron chi connectivity index (χ2n) is 8.76. The van der Waals surface area contributed by atoms with Crippen LogP contribution in [-0.4, -0.2) is 74.3 Å². The van der Waals surface area contributed by atoms with E-state index in [1.807, 2.05) is 0 Å². The van der Waals surface area contributed by atoms with Crippen molar-refractivity contribution in [2.45, 2.75) is 64.0 Å². The van der Waals surface area contributed by atoms with Crippen LogP contribution in [0.15, 0.2) is 42.9 Å². The van der Waals surface area contributed by atoms with E-state index in [9.17, 15) is 29.4 Å². The van der Waals surface area contributed by atoms with Gasteiger partial charge in [0.25, 0.3) is 5.91 Å². The first-order chi connectivity index (χ1) is 17.6. The Hall–Kier alpha value is -4.06. The van der Waals surface area contributed by atoms with Crippen molar-refractivity contribution >= 4 is 23.8 Å². The zero-order chi connectivity index (χ0) is 27.1. The van der Waals surface area contributed by atoms with Crippen molar-refractivity contribution in [3.05, 3.63) is 54.1 Å². The number of aliphatic hydroxyl groups is 1. The van der Waals surface area contributed by atoms with Crippen molar-refractivity contribution in [2.24, 2.45) is 5.92 Å². The molecule has 2 aromatic heterocycles. The van der Waals surface area contributed by atoms with Crippen LogP contribution in [-0.2, 0) is 30.3 Å². The molecule has 2 aromatic rings. The fourth-order valence-electron chi connectivity index (χ4n) is 3.84. The second kappa shape index (κ2) is 12.3. The third-order valence-electron chi connectivity index (χ3n) is 6.04. The lowest BCUT2D eigenvalue weighted by Gasteiger charge is -2.33. The van der Waals surface area contributed by atoms with Crippen molar-refractivity contribution in [2.75, 3.05) is 0 Å². The Kier molecular flexibility index (Phi) is 9.12. The number of amides is 2. The van der Waals surface area contributed by atoms with Gasteiger partial charge in [-0.3, -0.25) is 19.4 Å². The van der Waals surface area contributed by atoms with E-state index >= 15 is 0 Å². The molecule has 0 aliphatic carbocycles. The number of esters is 2. The van der Waals surface area contributed by atoms with Gasteiger partial charge in [-0.2, -0.15) is 0 Å². The van der Waals surface area contributed by atoms with Crippen molar-refractivity contribution in [3.63, 3.8) is 0 Å². The van der Waals surface area contributed by atoms with Gasteiger partial charge in [0.2, 0.25) is 5.91 Å². The Balaban J connectivity index is 1.97. The molecule has 1 saturated heterocycles. The molecule has 12 nitrogen and oxygen atoms in total. The first kappa shape index (κ1) is 27.5. The number of aromatic hydroxyl groups is 1. The standard InChI is InChI=1S/C25H30N4O8/c1-4-18-25(35)36-14(3)19(29-23(33)20-17(30)8-6-10-27-20)22(32)28-16(11-15-7-5-9-26-12-15)21(31)13(2)24(34)37-18/h5-10,12-14,16,18-19,21,30-31H,4,11H2,1-3H3,(H,28,32)(H,29,33)/t13-,14-,16+,18?,19+,21+/m1/s1. The summed E-state index contributed by atoms with van der Waals surface area (Å²) in [7, 11) is 0. The molecule has 0 spiro atoms. The molecule has 2 amide bonds. The molecule has 4 N–H and O–H groups in total. The monoisotopic (exact) mass is 514 g/mol. The van der Waals surface area contributed by atoms with Crippen LogP contribution in [0.3, 0.4) is 0 Å². The first-order valence-electron chi connectivity index (χ1n) is 11.9. The molecule has 1 aliphatic heterocycles. The van der Waals surface area contributed by atoms with Crippen LogP contribution in [0, 0.1) is 5.92 Å². The number of ether oxygens (including phenoxy) is 2. The summed E-state index contributed by atoms with van der Waals surface area (Å²) < 4.78 is 10.7. The van der Waals surface area contributed by atoms with Crippen molar-refractivity contribution in [1.82, 2.24) is 20.6 Å². The molecule has 6 atom stereocenters. The summed E-state index contributed by atoms with van der Waals surface area (Å²) in [5, 5.41) is 26.2. The zero-order valence-electron chi connectivity index (χ0n) is 20.7. The number of pyridine rings is 2. The van der Waals surface area contributed by atoms with Crippen LogP contribution in [0.5, 0.6) is 5.75 Å². The molecule has 0 bridgehead atoms. The number of carbonyl (C=O) groups excluding carboxylic acids is 4. The fourth-order valence-corrected chi connectivity index (χ4v) is 3.84. The third kappa shape index (κ3) is 6.79. The number of aromatic nitrogens is 2. The highest BCUT2D eigenvalue weighted by Gasteiger charge is 2.39. The number of carbonyl (C=O) groups is 4. The predicted octanol–water partition coefficient (Wildman–Crippen LogP) is 0.272. The van der Waals surface area contributed by atoms with Gasteiger partial charge < -0.3 is 30.3 Å². The molecule has 0 radical (unpaired) electrons. The van der Waals surface area contributed by atoms with Gasteiger partial charge >= 0.3 is 11.9 Å². The van der Waals surface area contributed by atoms with E-state index in [0.717, 1.165) is 0 Å². The summed E-state index contributed by atoms with van der Waals surface area (Å²) in [5.74, 6) is -4.93. The molecule has 3 rings (SSSR count). The maximum absolute atomic E-state index is 13.4. The average molecular weight is 515 g/mol. The largest absolute Gasteiger partial charge is 0.505 e. The van der Waals surface area contributed by atoms with Crippen molar-refractivity contribution in [3.8, 4) is 5.75 Å². The van der Waals surface area contributed by atoms with E-state index < -0.39 is 65.8 Å². The highest BCUT2D eigenvalue weighted by Crippen LogP contribution is 2.19. The van der Waals surface area contributed by atoms with E-state index in [1.165, 1.54) is 32.2 Å². The summed E-state index contributed by atoms with van der Waals surface area (Å²) in [6.45, 7) is 4.42. The van der Waals surface area contributed by atoms with E-state index in [0.29, 0.717) is 5.56 Å². The van der Waals surface area contributed by atoms with Gasteiger partial charge in [-0.25, -0.2) is 9.78 Å². The Morgan fingerprint density at radius 3 is 2.49 bits per heavy atom. The Morgan fingerprint density at radius 1 is 1.11 bits per heavy atom. The maximum Gasteiger partial charge on any atom is 0.347 e. The highest BCUT2D eigenvalue weighted by molar-refractivity contribution is 5.98. The Morgan fingerprint density at radius 2 is 1.84 bits per heavy atom. The Bertz CT molecular complexity index is 1130. The minimum Gasteiger partial charge on any atom is -0.505 e. The van der Waals surface area contributed by atoms with Gasteiger partial charge in [0.1, 0.15) is 17.9 Å². The van der Waals surface area contributed by atoms with Crippen molar-refractivity contribution < 1.29 is 38.9 Å². The van der Waals surface area contributed by atoms with Gasteiger partial charge in [0, 0.05) is 18.6 Å². The summed E-state index contributed by atoms with van der Waals surface area (Å²) in [5.41, 5.74) is 0.338. The summed E-state index contributed by atoms with van der Waals surface area (Å²) in [6.07, 6.45) is 0.702. The maximum atomic E-state index is 13.4. The normalized spacial score (nSPS) is 27.1. The molecular formula is C25H30N4O8. The predicted molar refractivity (Wildman–Crippen MR) is 128 cm³/mol. The second-order valence-corrected chi connectivity index (χ2v) is 8.76. The van der Waals surface area contributed by atoms with Gasteiger partial charge in [0.15, 0.2) is 11.8 Å². The van der Waals surface area contributed by atoms with Crippen LogP contribution in [0.2, 0.25) is 0 Å². The molecule has 3 heterocycles. The molecule has 198 valence electrons. The molecule has 37 heavy (non-hydrogen) atoms. The van der Waals surface area contributed by atoms with Gasteiger partial charge in [-0.05, 0) is 50.5 Å². The van der Waals surface area contributed by atoms with E-state index in [2.05, 4.69) is 20.6 Å². The molecule has 0 aromatic carbocycles. The summed E-state index contributed by atoms with van der Waals surface area (Å²) >= 11 is 0.